The Balaban J connectivity index is 1.13. The van der Waals surface area contributed by atoms with Gasteiger partial charge in [0.15, 0.2) is 25.0 Å². The van der Waals surface area contributed by atoms with Crippen molar-refractivity contribution in [3.05, 3.63) is 23.3 Å². The Morgan fingerprint density at radius 2 is 1.31 bits per heavy atom. The van der Waals surface area contributed by atoms with Gasteiger partial charge in [-0.3, -0.25) is 4.79 Å². The maximum Gasteiger partial charge on any atom is 0.335 e. The first-order valence-electron chi connectivity index (χ1n) is 28.5. The first-order valence-corrected chi connectivity index (χ1v) is 28.5. The lowest BCUT2D eigenvalue weighted by Gasteiger charge is -2.73. The van der Waals surface area contributed by atoms with Crippen molar-refractivity contribution < 1.29 is 114 Å². The quantitative estimate of drug-likeness (QED) is 0.0455. The van der Waals surface area contributed by atoms with E-state index in [0.29, 0.717) is 50.5 Å². The van der Waals surface area contributed by atoms with Crippen LogP contribution in [-0.4, -0.2) is 216 Å². The summed E-state index contributed by atoms with van der Waals surface area (Å²) < 4.78 is 48.6. The van der Waals surface area contributed by atoms with E-state index in [1.807, 2.05) is 41.5 Å². The third-order valence-electron chi connectivity index (χ3n) is 21.6. The van der Waals surface area contributed by atoms with Crippen molar-refractivity contribution in [3.63, 3.8) is 0 Å². The standard InChI is InChI=1S/C57H90O23/c1-12-24(3)47(71)73-23-57-27(20-52(5,6)45(44(57)68)80-48(72)25(4)13-2)26-14-15-31-54(9)18-17-32(53(7,8)30(54)16-19-55(31,10)56(26,11)42(66)43(57)67)76-51-41(79-50-37(64)35(62)33(60)28(21-58)74-50)39(38(65)40(78-51)46(69)70)77-49-36(63)34(61)29(22-59)75-49/h13-14,24,27-45,49-51,58-68H,12,15-23H2,1-11H3,(H,69,70)/b25-13-/t24?,27-,28+,29-,30-,31+,32-,33-,34-,35-,36+,37+,38-,39-,40-,41+,42-,43+,44-,45-,49-,50-,51+,54-,55+,56-,57-/m0/s1. The monoisotopic (exact) mass is 1140 g/mol. The number of carbonyl (C=O) groups is 3. The minimum absolute atomic E-state index is 0.146. The third-order valence-corrected chi connectivity index (χ3v) is 21.6. The minimum atomic E-state index is -2.12. The second kappa shape index (κ2) is 22.9. The zero-order chi connectivity index (χ0) is 59.3. The van der Waals surface area contributed by atoms with Crippen LogP contribution in [-0.2, 0) is 52.3 Å². The van der Waals surface area contributed by atoms with Crippen LogP contribution in [0.3, 0.4) is 0 Å². The molecule has 456 valence electrons. The fourth-order valence-corrected chi connectivity index (χ4v) is 16.3. The Morgan fingerprint density at radius 1 is 0.725 bits per heavy atom. The molecule has 3 heterocycles. The molecule has 3 saturated heterocycles. The molecular weight excluding hydrogens is 1050 g/mol. The van der Waals surface area contributed by atoms with Gasteiger partial charge in [0.1, 0.15) is 79.9 Å². The Morgan fingerprint density at radius 3 is 1.89 bits per heavy atom. The lowest BCUT2D eigenvalue weighted by atomic mass is 9.32. The molecule has 0 amide bonds. The molecule has 80 heavy (non-hydrogen) atoms. The number of aliphatic carboxylic acids is 1. The summed E-state index contributed by atoms with van der Waals surface area (Å²) in [6.45, 7) is 19.0. The molecule has 0 spiro atoms. The number of ether oxygens (including phenoxy) is 8. The molecule has 0 aromatic carbocycles. The molecule has 12 N–H and O–H groups in total. The van der Waals surface area contributed by atoms with Gasteiger partial charge in [0.25, 0.3) is 0 Å². The van der Waals surface area contributed by atoms with Gasteiger partial charge >= 0.3 is 17.9 Å². The van der Waals surface area contributed by atoms with E-state index in [2.05, 4.69) is 19.9 Å². The summed E-state index contributed by atoms with van der Waals surface area (Å²) in [4.78, 5) is 39.8. The molecule has 27 atom stereocenters. The highest BCUT2D eigenvalue weighted by molar-refractivity contribution is 5.87. The van der Waals surface area contributed by atoms with Crippen molar-refractivity contribution in [2.24, 2.45) is 56.2 Å². The first kappa shape index (κ1) is 63.2. The maximum absolute atomic E-state index is 13.5. The Kier molecular flexibility index (Phi) is 18.1. The largest absolute Gasteiger partial charge is 0.479 e. The number of carbonyl (C=O) groups excluding carboxylic acids is 2. The fraction of sp³-hybridized carbons (Fsp3) is 0.877. The first-order chi connectivity index (χ1) is 37.3. The molecule has 0 bridgehead atoms. The Hall–Kier alpha value is -2.79. The molecule has 0 aromatic rings. The van der Waals surface area contributed by atoms with Crippen LogP contribution in [0.25, 0.3) is 0 Å². The second-order valence-electron chi connectivity index (χ2n) is 26.4. The summed E-state index contributed by atoms with van der Waals surface area (Å²) in [6, 6.07) is 0. The fourth-order valence-electron chi connectivity index (χ4n) is 16.3. The number of rotatable bonds is 15. The highest BCUT2D eigenvalue weighted by Crippen LogP contribution is 2.76. The molecule has 1 unspecified atom stereocenters. The average molecular weight is 1140 g/mol. The van der Waals surface area contributed by atoms with Gasteiger partial charge < -0.3 is 99.2 Å². The van der Waals surface area contributed by atoms with Gasteiger partial charge in [-0.05, 0) is 92.8 Å². The number of hydrogen-bond acceptors (Lipinski definition) is 22. The molecule has 3 aliphatic heterocycles. The molecule has 0 aromatic heterocycles. The molecule has 8 rings (SSSR count). The molecule has 7 fully saturated rings. The second-order valence-corrected chi connectivity index (χ2v) is 26.4. The van der Waals surface area contributed by atoms with E-state index in [1.165, 1.54) is 0 Å². The predicted octanol–water partition coefficient (Wildman–Crippen LogP) is 0.343. The number of hydrogen-bond donors (Lipinski definition) is 12. The summed E-state index contributed by atoms with van der Waals surface area (Å²) in [7, 11) is 0. The van der Waals surface area contributed by atoms with E-state index < -0.39 is 199 Å². The van der Waals surface area contributed by atoms with Crippen LogP contribution >= 0.6 is 0 Å². The van der Waals surface area contributed by atoms with E-state index in [1.54, 1.807) is 26.8 Å². The van der Waals surface area contributed by atoms with E-state index in [-0.39, 0.29) is 11.8 Å². The summed E-state index contributed by atoms with van der Waals surface area (Å²) in [5, 5.41) is 135. The SMILES string of the molecule is C/C=C(/C)C(=O)O[C@H]1[C@H](O)[C@]2(COC(=O)C(C)CC)[C@H](O)[C@H](O)[C@]3(C)C(=CC[C@@H]4[C@@]5(C)CC[C@H](O[C@@H]6O[C@H](C(=O)O)[C@@H](O)[C@H](O[C@@H]7O[C@@H](CO)[C@H](O)[C@H]7O)[C@H]6O[C@@H]6O[C@H](CO)[C@H](O)[C@H](O)[C@H]6O)C(C)(C)[C@@H]5CC[C@]43C)[C@@H]2CC1(C)C. The van der Waals surface area contributed by atoms with Crippen LogP contribution in [0.5, 0.6) is 0 Å². The van der Waals surface area contributed by atoms with Crippen molar-refractivity contribution in [1.29, 1.82) is 0 Å². The number of aliphatic hydroxyl groups is 11. The van der Waals surface area contributed by atoms with Crippen LogP contribution in [0.1, 0.15) is 121 Å². The molecule has 8 aliphatic rings. The van der Waals surface area contributed by atoms with E-state index >= 15 is 0 Å². The van der Waals surface area contributed by atoms with Gasteiger partial charge in [-0.25, -0.2) is 9.59 Å². The van der Waals surface area contributed by atoms with Crippen LogP contribution in [0, 0.1) is 56.2 Å². The summed E-state index contributed by atoms with van der Waals surface area (Å²) in [5.41, 5.74) is -4.55. The van der Waals surface area contributed by atoms with Gasteiger partial charge in [-0.15, -0.1) is 0 Å². The van der Waals surface area contributed by atoms with Crippen molar-refractivity contribution in [1.82, 2.24) is 0 Å². The molecular formula is C57H90O23. The van der Waals surface area contributed by atoms with Gasteiger partial charge in [-0.2, -0.15) is 0 Å². The van der Waals surface area contributed by atoms with E-state index in [9.17, 15) is 75.7 Å². The summed E-state index contributed by atoms with van der Waals surface area (Å²) >= 11 is 0. The van der Waals surface area contributed by atoms with Crippen LogP contribution in [0.4, 0.5) is 0 Å². The number of carboxylic acid groups (broad SMARTS) is 1. The van der Waals surface area contributed by atoms with Crippen molar-refractivity contribution >= 4 is 17.9 Å². The smallest absolute Gasteiger partial charge is 0.335 e. The highest BCUT2D eigenvalue weighted by atomic mass is 16.8. The van der Waals surface area contributed by atoms with Gasteiger partial charge in [-0.1, -0.05) is 80.0 Å². The normalized spacial score (nSPS) is 49.2. The van der Waals surface area contributed by atoms with E-state index in [0.717, 1.165) is 5.57 Å². The number of aliphatic hydroxyl groups excluding tert-OH is 11. The van der Waals surface area contributed by atoms with Crippen molar-refractivity contribution in [2.75, 3.05) is 19.8 Å². The molecule has 23 nitrogen and oxygen atoms in total. The van der Waals surface area contributed by atoms with Crippen molar-refractivity contribution in [2.45, 2.75) is 238 Å². The van der Waals surface area contributed by atoms with Gasteiger partial charge in [0.05, 0.1) is 42.9 Å². The lowest BCUT2D eigenvalue weighted by Crippen LogP contribution is -2.76. The molecule has 5 aliphatic carbocycles. The van der Waals surface area contributed by atoms with Crippen LogP contribution < -0.4 is 0 Å². The zero-order valence-corrected chi connectivity index (χ0v) is 47.9. The zero-order valence-electron chi connectivity index (χ0n) is 47.9. The Labute approximate surface area is 467 Å². The lowest BCUT2D eigenvalue weighted by molar-refractivity contribution is -0.386. The number of allylic oxidation sites excluding steroid dienone is 2. The number of esters is 2. The average Bonchev–Trinajstić information content (AvgIpc) is 1.93. The minimum Gasteiger partial charge on any atom is -0.479 e. The van der Waals surface area contributed by atoms with Crippen molar-refractivity contribution in [3.8, 4) is 0 Å². The van der Waals surface area contributed by atoms with Crippen LogP contribution in [0.15, 0.2) is 23.3 Å². The maximum atomic E-state index is 13.5. The van der Waals surface area contributed by atoms with Crippen LogP contribution in [0.2, 0.25) is 0 Å². The van der Waals surface area contributed by atoms with Gasteiger partial charge in [0.2, 0.25) is 0 Å². The summed E-state index contributed by atoms with van der Waals surface area (Å²) in [6.07, 6.45) is -25.1. The third kappa shape index (κ3) is 9.93. The number of carboxylic acids is 1. The molecule has 4 saturated carbocycles. The van der Waals surface area contributed by atoms with E-state index in [4.69, 9.17) is 37.9 Å². The molecule has 0 radical (unpaired) electrons. The predicted molar refractivity (Wildman–Crippen MR) is 277 cm³/mol. The summed E-state index contributed by atoms with van der Waals surface area (Å²) in [5.74, 6) is -4.27. The topological polar surface area (TPSA) is 368 Å². The number of fused-ring (bicyclic) bond motifs is 7. The molecule has 23 heteroatoms. The van der Waals surface area contributed by atoms with Gasteiger partial charge in [0, 0.05) is 16.4 Å². The Bertz CT molecular complexity index is 2330. The highest BCUT2D eigenvalue weighted by Gasteiger charge is 2.76.